The average Bonchev–Trinajstić information content (AvgIpc) is 3.13. The monoisotopic (exact) mass is 410 g/mol. The minimum Gasteiger partial charge on any atom is -0.366 e. The fraction of sp³-hybridized carbons (Fsp3) is 0.0588. The molecule has 0 unspecified atom stereocenters. The highest BCUT2D eigenvalue weighted by Gasteiger charge is 2.39. The number of carbonyl (C=O) groups is 1. The SMILES string of the molecule is NC(=O)c1ccc(-c2ccc(S(N)(=O)=O)cc2)c(C(F)(F)F)c1-c1ccn[nH]1. The zero-order chi connectivity index (χ0) is 20.7. The first kappa shape index (κ1) is 19.6. The molecule has 1 heterocycles. The summed E-state index contributed by atoms with van der Waals surface area (Å²) >= 11 is 0. The Kier molecular flexibility index (Phi) is 4.73. The van der Waals surface area contributed by atoms with Gasteiger partial charge in [-0.1, -0.05) is 18.2 Å². The summed E-state index contributed by atoms with van der Waals surface area (Å²) in [4.78, 5) is 11.5. The van der Waals surface area contributed by atoms with Crippen LogP contribution in [0.5, 0.6) is 0 Å². The van der Waals surface area contributed by atoms with Crippen LogP contribution in [0.25, 0.3) is 22.4 Å². The molecule has 0 aliphatic rings. The lowest BCUT2D eigenvalue weighted by atomic mass is 9.89. The zero-order valence-corrected chi connectivity index (χ0v) is 14.8. The first-order chi connectivity index (χ1) is 13.0. The van der Waals surface area contributed by atoms with E-state index in [9.17, 15) is 26.4 Å². The lowest BCUT2D eigenvalue weighted by Gasteiger charge is -2.19. The van der Waals surface area contributed by atoms with Crippen molar-refractivity contribution < 1.29 is 26.4 Å². The number of sulfonamides is 1. The lowest BCUT2D eigenvalue weighted by Crippen LogP contribution is -2.18. The van der Waals surface area contributed by atoms with E-state index < -0.39 is 33.2 Å². The van der Waals surface area contributed by atoms with Gasteiger partial charge in [-0.2, -0.15) is 18.3 Å². The number of hydrogen-bond donors (Lipinski definition) is 3. The minimum absolute atomic E-state index is 0.0378. The Balaban J connectivity index is 2.34. The van der Waals surface area contributed by atoms with Crippen LogP contribution in [0.1, 0.15) is 15.9 Å². The van der Waals surface area contributed by atoms with Gasteiger partial charge in [0, 0.05) is 17.3 Å². The molecule has 3 aromatic rings. The van der Waals surface area contributed by atoms with Crippen LogP contribution in [0.15, 0.2) is 53.6 Å². The van der Waals surface area contributed by atoms with E-state index in [-0.39, 0.29) is 27.3 Å². The Morgan fingerprint density at radius 1 is 1.04 bits per heavy atom. The molecule has 5 N–H and O–H groups in total. The van der Waals surface area contributed by atoms with E-state index in [2.05, 4.69) is 10.2 Å². The summed E-state index contributed by atoms with van der Waals surface area (Å²) in [7, 11) is -4.00. The van der Waals surface area contributed by atoms with Gasteiger partial charge < -0.3 is 5.73 Å². The molecule has 3 rings (SSSR count). The van der Waals surface area contributed by atoms with Crippen LogP contribution in [-0.4, -0.2) is 24.5 Å². The third kappa shape index (κ3) is 3.62. The van der Waals surface area contributed by atoms with Crippen molar-refractivity contribution in [1.82, 2.24) is 10.2 Å². The van der Waals surface area contributed by atoms with Crippen LogP contribution in [0.2, 0.25) is 0 Å². The Hall–Kier alpha value is -3.18. The predicted octanol–water partition coefficient (Wildman–Crippen LogP) is 2.51. The number of alkyl halides is 3. The standard InChI is InChI=1S/C17H13F3N4O3S/c18-17(19,20)15-11(9-1-3-10(4-2-9)28(22,26)27)5-6-12(16(21)25)14(15)13-7-8-23-24-13/h1-8H,(H2,21,25)(H,23,24)(H2,22,26,27). The molecule has 0 radical (unpaired) electrons. The van der Waals surface area contributed by atoms with E-state index in [0.29, 0.717) is 0 Å². The van der Waals surface area contributed by atoms with E-state index in [1.54, 1.807) is 0 Å². The minimum atomic E-state index is -4.85. The first-order valence-corrected chi connectivity index (χ1v) is 9.22. The predicted molar refractivity (Wildman–Crippen MR) is 94.4 cm³/mol. The molecule has 0 saturated heterocycles. The Morgan fingerprint density at radius 2 is 1.68 bits per heavy atom. The number of primary amides is 1. The van der Waals surface area contributed by atoms with Gasteiger partial charge in [0.15, 0.2) is 0 Å². The second-order valence-corrected chi connectivity index (χ2v) is 7.37. The van der Waals surface area contributed by atoms with Crippen molar-refractivity contribution in [1.29, 1.82) is 0 Å². The molecule has 0 aliphatic carbocycles. The van der Waals surface area contributed by atoms with Gasteiger partial charge in [-0.3, -0.25) is 9.89 Å². The number of rotatable bonds is 4. The zero-order valence-electron chi connectivity index (χ0n) is 14.0. The van der Waals surface area contributed by atoms with E-state index in [4.69, 9.17) is 10.9 Å². The van der Waals surface area contributed by atoms with Gasteiger partial charge in [-0.15, -0.1) is 0 Å². The quantitative estimate of drug-likeness (QED) is 0.610. The van der Waals surface area contributed by atoms with E-state index >= 15 is 0 Å². The second-order valence-electron chi connectivity index (χ2n) is 5.81. The molecule has 1 amide bonds. The Bertz CT molecular complexity index is 1140. The number of nitrogens with zero attached hydrogens (tertiary/aromatic N) is 1. The molecule has 146 valence electrons. The molecule has 0 saturated carbocycles. The average molecular weight is 410 g/mol. The summed E-state index contributed by atoms with van der Waals surface area (Å²) in [5.41, 5.74) is 3.18. The topological polar surface area (TPSA) is 132 Å². The number of hydrogen-bond acceptors (Lipinski definition) is 4. The highest BCUT2D eigenvalue weighted by Crippen LogP contribution is 2.44. The van der Waals surface area contributed by atoms with Crippen LogP contribution in [0, 0.1) is 0 Å². The smallest absolute Gasteiger partial charge is 0.366 e. The van der Waals surface area contributed by atoms with Gasteiger partial charge in [0.1, 0.15) is 0 Å². The van der Waals surface area contributed by atoms with Crippen molar-refractivity contribution >= 4 is 15.9 Å². The normalized spacial score (nSPS) is 12.1. The molecule has 7 nitrogen and oxygen atoms in total. The maximum absolute atomic E-state index is 14.0. The molecule has 0 fully saturated rings. The summed E-state index contributed by atoms with van der Waals surface area (Å²) in [6, 6.07) is 8.16. The second kappa shape index (κ2) is 6.77. The third-order valence-corrected chi connectivity index (χ3v) is 4.95. The lowest BCUT2D eigenvalue weighted by molar-refractivity contribution is -0.136. The molecule has 2 aromatic carbocycles. The molecule has 11 heteroatoms. The molecular weight excluding hydrogens is 397 g/mol. The number of amides is 1. The number of benzene rings is 2. The molecule has 28 heavy (non-hydrogen) atoms. The number of aromatic amines is 1. The summed E-state index contributed by atoms with van der Waals surface area (Å²) < 4.78 is 64.7. The molecule has 0 spiro atoms. The number of halogens is 3. The van der Waals surface area contributed by atoms with Crippen LogP contribution in [-0.2, 0) is 16.2 Å². The van der Waals surface area contributed by atoms with E-state index in [1.807, 2.05) is 0 Å². The number of carbonyl (C=O) groups excluding carboxylic acids is 1. The number of aromatic nitrogens is 2. The molecule has 0 aliphatic heterocycles. The van der Waals surface area contributed by atoms with Gasteiger partial charge in [0.05, 0.1) is 16.2 Å². The summed E-state index contributed by atoms with van der Waals surface area (Å²) in [5, 5.41) is 11.1. The summed E-state index contributed by atoms with van der Waals surface area (Å²) in [6.45, 7) is 0. The van der Waals surface area contributed by atoms with Crippen molar-refractivity contribution in [2.24, 2.45) is 10.9 Å². The van der Waals surface area contributed by atoms with Gasteiger partial charge in [-0.05, 0) is 35.4 Å². The van der Waals surface area contributed by atoms with Crippen LogP contribution in [0.4, 0.5) is 13.2 Å². The summed E-state index contributed by atoms with van der Waals surface area (Å²) in [6.07, 6.45) is -3.60. The van der Waals surface area contributed by atoms with Gasteiger partial charge in [-0.25, -0.2) is 13.6 Å². The third-order valence-electron chi connectivity index (χ3n) is 4.02. The van der Waals surface area contributed by atoms with E-state index in [1.165, 1.54) is 30.5 Å². The largest absolute Gasteiger partial charge is 0.417 e. The summed E-state index contributed by atoms with van der Waals surface area (Å²) in [5.74, 6) is -1.04. The maximum Gasteiger partial charge on any atom is 0.417 e. The molecule has 1 aromatic heterocycles. The highest BCUT2D eigenvalue weighted by atomic mass is 32.2. The van der Waals surface area contributed by atoms with Gasteiger partial charge in [0.2, 0.25) is 15.9 Å². The number of primary sulfonamides is 1. The number of nitrogens with one attached hydrogen (secondary N) is 1. The van der Waals surface area contributed by atoms with E-state index in [0.717, 1.165) is 18.2 Å². The van der Waals surface area contributed by atoms with Crippen molar-refractivity contribution in [2.75, 3.05) is 0 Å². The Morgan fingerprint density at radius 3 is 2.14 bits per heavy atom. The van der Waals surface area contributed by atoms with Crippen LogP contribution in [0.3, 0.4) is 0 Å². The maximum atomic E-state index is 14.0. The van der Waals surface area contributed by atoms with Crippen LogP contribution >= 0.6 is 0 Å². The van der Waals surface area contributed by atoms with Crippen molar-refractivity contribution in [3.63, 3.8) is 0 Å². The first-order valence-electron chi connectivity index (χ1n) is 7.67. The van der Waals surface area contributed by atoms with Crippen LogP contribution < -0.4 is 10.9 Å². The molecular formula is C17H13F3N4O3S. The van der Waals surface area contributed by atoms with Crippen molar-refractivity contribution in [3.05, 3.63) is 59.8 Å². The van der Waals surface area contributed by atoms with Crippen molar-refractivity contribution in [3.8, 4) is 22.4 Å². The molecule has 0 atom stereocenters. The number of nitrogens with two attached hydrogens (primary N) is 2. The van der Waals surface area contributed by atoms with Gasteiger partial charge in [0.25, 0.3) is 0 Å². The fourth-order valence-electron chi connectivity index (χ4n) is 2.84. The highest BCUT2D eigenvalue weighted by molar-refractivity contribution is 7.89. The van der Waals surface area contributed by atoms with Gasteiger partial charge >= 0.3 is 6.18 Å². The Labute approximate surface area is 157 Å². The van der Waals surface area contributed by atoms with Crippen molar-refractivity contribution in [2.45, 2.75) is 11.1 Å². The molecule has 0 bridgehead atoms. The fourth-order valence-corrected chi connectivity index (χ4v) is 3.36. The number of H-pyrrole nitrogens is 1.